The van der Waals surface area contributed by atoms with Crippen molar-refractivity contribution in [3.8, 4) is 5.75 Å². The molecule has 20 heavy (non-hydrogen) atoms. The molecule has 2 rings (SSSR count). The molecule has 0 radical (unpaired) electrons. The summed E-state index contributed by atoms with van der Waals surface area (Å²) in [5.41, 5.74) is 6.69. The van der Waals surface area contributed by atoms with Gasteiger partial charge in [0.1, 0.15) is 12.1 Å². The van der Waals surface area contributed by atoms with Crippen LogP contribution in [0.4, 0.5) is 23.0 Å². The average Bonchev–Trinajstić information content (AvgIpc) is 2.38. The number of nitrogens with one attached hydrogen (secondary N) is 1. The van der Waals surface area contributed by atoms with Crippen LogP contribution >= 0.6 is 0 Å². The standard InChI is InChI=1S/C12H13N5O3/c1-7-5-8(3-4-9(7)20-2)16-12-10(17(18)19)11(13)14-6-15-12/h3-6H,1-2H3,(H3,13,14,15,16). The molecule has 0 saturated heterocycles. The van der Waals surface area contributed by atoms with Crippen molar-refractivity contribution in [2.75, 3.05) is 18.2 Å². The number of nitro groups is 1. The van der Waals surface area contributed by atoms with Gasteiger partial charge in [-0.05, 0) is 30.7 Å². The van der Waals surface area contributed by atoms with Gasteiger partial charge in [0.2, 0.25) is 11.6 Å². The predicted molar refractivity (Wildman–Crippen MR) is 74.1 cm³/mol. The molecule has 0 spiro atoms. The second-order valence-electron chi connectivity index (χ2n) is 4.02. The van der Waals surface area contributed by atoms with E-state index in [9.17, 15) is 10.1 Å². The number of ether oxygens (including phenoxy) is 1. The normalized spacial score (nSPS) is 10.1. The average molecular weight is 275 g/mol. The van der Waals surface area contributed by atoms with E-state index in [0.29, 0.717) is 5.69 Å². The molecular weight excluding hydrogens is 262 g/mol. The molecule has 0 aliphatic rings. The minimum absolute atomic E-state index is 0.0482. The summed E-state index contributed by atoms with van der Waals surface area (Å²) < 4.78 is 5.15. The minimum atomic E-state index is -0.617. The summed E-state index contributed by atoms with van der Waals surface area (Å²) in [4.78, 5) is 17.8. The SMILES string of the molecule is COc1ccc(Nc2ncnc(N)c2[N+](=O)[O-])cc1C. The van der Waals surface area contributed by atoms with E-state index in [1.54, 1.807) is 25.3 Å². The van der Waals surface area contributed by atoms with Gasteiger partial charge in [-0.1, -0.05) is 0 Å². The van der Waals surface area contributed by atoms with Crippen LogP contribution < -0.4 is 15.8 Å². The van der Waals surface area contributed by atoms with Crippen LogP contribution in [0.2, 0.25) is 0 Å². The summed E-state index contributed by atoms with van der Waals surface area (Å²) in [6, 6.07) is 5.28. The van der Waals surface area contributed by atoms with Crippen LogP contribution in [0.5, 0.6) is 5.75 Å². The number of nitrogens with zero attached hydrogens (tertiary/aromatic N) is 3. The largest absolute Gasteiger partial charge is 0.496 e. The lowest BCUT2D eigenvalue weighted by atomic mass is 10.2. The molecule has 104 valence electrons. The second-order valence-corrected chi connectivity index (χ2v) is 4.02. The van der Waals surface area contributed by atoms with Gasteiger partial charge in [-0.25, -0.2) is 9.97 Å². The number of aromatic nitrogens is 2. The maximum atomic E-state index is 11.0. The molecule has 0 amide bonds. The van der Waals surface area contributed by atoms with E-state index >= 15 is 0 Å². The Balaban J connectivity index is 2.38. The first-order valence-corrected chi connectivity index (χ1v) is 5.69. The molecule has 0 aliphatic carbocycles. The molecule has 0 bridgehead atoms. The Morgan fingerprint density at radius 1 is 1.40 bits per heavy atom. The molecule has 0 aliphatic heterocycles. The third kappa shape index (κ3) is 2.58. The van der Waals surface area contributed by atoms with E-state index < -0.39 is 4.92 Å². The summed E-state index contributed by atoms with van der Waals surface area (Å²) in [6.07, 6.45) is 1.17. The number of methoxy groups -OCH3 is 1. The van der Waals surface area contributed by atoms with Gasteiger partial charge in [0, 0.05) is 5.69 Å². The Bertz CT molecular complexity index is 660. The van der Waals surface area contributed by atoms with Gasteiger partial charge in [-0.15, -0.1) is 0 Å². The van der Waals surface area contributed by atoms with Crippen LogP contribution in [-0.2, 0) is 0 Å². The molecule has 0 saturated carbocycles. The van der Waals surface area contributed by atoms with Gasteiger partial charge in [0.15, 0.2) is 0 Å². The van der Waals surface area contributed by atoms with E-state index in [1.165, 1.54) is 6.33 Å². The van der Waals surface area contributed by atoms with Crippen molar-refractivity contribution in [3.63, 3.8) is 0 Å². The Hall–Kier alpha value is -2.90. The highest BCUT2D eigenvalue weighted by atomic mass is 16.6. The summed E-state index contributed by atoms with van der Waals surface area (Å²) in [5, 5.41) is 13.8. The van der Waals surface area contributed by atoms with Crippen LogP contribution in [0.25, 0.3) is 0 Å². The zero-order valence-electron chi connectivity index (χ0n) is 11.0. The van der Waals surface area contributed by atoms with E-state index in [2.05, 4.69) is 15.3 Å². The third-order valence-corrected chi connectivity index (χ3v) is 2.69. The fraction of sp³-hybridized carbons (Fsp3) is 0.167. The molecule has 3 N–H and O–H groups in total. The zero-order chi connectivity index (χ0) is 14.7. The van der Waals surface area contributed by atoms with E-state index in [1.807, 2.05) is 6.92 Å². The number of aryl methyl sites for hydroxylation is 1. The lowest BCUT2D eigenvalue weighted by Gasteiger charge is -2.09. The maximum Gasteiger partial charge on any atom is 0.353 e. The van der Waals surface area contributed by atoms with Gasteiger partial charge in [0.05, 0.1) is 12.0 Å². The van der Waals surface area contributed by atoms with Gasteiger partial charge in [-0.3, -0.25) is 10.1 Å². The molecule has 2 aromatic rings. The molecule has 1 aromatic heterocycles. The quantitative estimate of drug-likeness (QED) is 0.647. The predicted octanol–water partition coefficient (Wildman–Crippen LogP) is 2.03. The molecule has 1 aromatic carbocycles. The fourth-order valence-corrected chi connectivity index (χ4v) is 1.76. The summed E-state index contributed by atoms with van der Waals surface area (Å²) in [6.45, 7) is 1.87. The number of hydrogen-bond donors (Lipinski definition) is 2. The lowest BCUT2D eigenvalue weighted by Crippen LogP contribution is -2.05. The molecular formula is C12H13N5O3. The van der Waals surface area contributed by atoms with Crippen molar-refractivity contribution in [1.29, 1.82) is 0 Å². The Morgan fingerprint density at radius 3 is 2.75 bits per heavy atom. The molecule has 8 heteroatoms. The highest BCUT2D eigenvalue weighted by Crippen LogP contribution is 2.30. The molecule has 8 nitrogen and oxygen atoms in total. The molecule has 0 unspecified atom stereocenters. The Labute approximate surface area is 114 Å². The van der Waals surface area contributed by atoms with Crippen LogP contribution in [0.15, 0.2) is 24.5 Å². The van der Waals surface area contributed by atoms with Crippen LogP contribution in [0.3, 0.4) is 0 Å². The fourth-order valence-electron chi connectivity index (χ4n) is 1.76. The summed E-state index contributed by atoms with van der Waals surface area (Å²) >= 11 is 0. The number of benzene rings is 1. The van der Waals surface area contributed by atoms with Gasteiger partial charge in [0.25, 0.3) is 0 Å². The smallest absolute Gasteiger partial charge is 0.353 e. The van der Waals surface area contributed by atoms with Crippen molar-refractivity contribution in [2.45, 2.75) is 6.92 Å². The number of rotatable bonds is 4. The van der Waals surface area contributed by atoms with Crippen molar-refractivity contribution < 1.29 is 9.66 Å². The lowest BCUT2D eigenvalue weighted by molar-refractivity contribution is -0.383. The highest BCUT2D eigenvalue weighted by Gasteiger charge is 2.21. The van der Waals surface area contributed by atoms with Crippen LogP contribution in [0.1, 0.15) is 5.56 Å². The van der Waals surface area contributed by atoms with Crippen molar-refractivity contribution in [2.24, 2.45) is 0 Å². The summed E-state index contributed by atoms with van der Waals surface area (Å²) in [7, 11) is 1.57. The maximum absolute atomic E-state index is 11.0. The molecule has 1 heterocycles. The van der Waals surface area contributed by atoms with Crippen molar-refractivity contribution >= 4 is 23.0 Å². The Kier molecular flexibility index (Phi) is 3.65. The van der Waals surface area contributed by atoms with E-state index in [-0.39, 0.29) is 17.3 Å². The third-order valence-electron chi connectivity index (χ3n) is 2.69. The van der Waals surface area contributed by atoms with Gasteiger partial charge < -0.3 is 15.8 Å². The monoisotopic (exact) mass is 275 g/mol. The highest BCUT2D eigenvalue weighted by molar-refractivity contribution is 5.72. The van der Waals surface area contributed by atoms with Crippen LogP contribution in [0, 0.1) is 17.0 Å². The first kappa shape index (κ1) is 13.5. The van der Waals surface area contributed by atoms with Crippen LogP contribution in [-0.4, -0.2) is 22.0 Å². The van der Waals surface area contributed by atoms with Gasteiger partial charge in [-0.2, -0.15) is 0 Å². The van der Waals surface area contributed by atoms with Crippen molar-refractivity contribution in [3.05, 3.63) is 40.2 Å². The minimum Gasteiger partial charge on any atom is -0.496 e. The number of nitrogens with two attached hydrogens (primary N) is 1. The number of anilines is 3. The first-order valence-electron chi connectivity index (χ1n) is 5.69. The van der Waals surface area contributed by atoms with E-state index in [4.69, 9.17) is 10.5 Å². The van der Waals surface area contributed by atoms with Gasteiger partial charge >= 0.3 is 5.69 Å². The van der Waals surface area contributed by atoms with E-state index in [0.717, 1.165) is 11.3 Å². The Morgan fingerprint density at radius 2 is 2.15 bits per heavy atom. The zero-order valence-corrected chi connectivity index (χ0v) is 11.0. The first-order chi connectivity index (χ1) is 9.52. The summed E-state index contributed by atoms with van der Waals surface area (Å²) in [5.74, 6) is 0.594. The molecule has 0 fully saturated rings. The topological polar surface area (TPSA) is 116 Å². The second kappa shape index (κ2) is 5.39. The number of hydrogen-bond acceptors (Lipinski definition) is 7. The molecule has 0 atom stereocenters. The van der Waals surface area contributed by atoms with Crippen molar-refractivity contribution in [1.82, 2.24) is 9.97 Å². The number of nitrogen functional groups attached to an aromatic ring is 1.